The van der Waals surface area contributed by atoms with Gasteiger partial charge in [0.25, 0.3) is 0 Å². The molecule has 18 heavy (non-hydrogen) atoms. The highest BCUT2D eigenvalue weighted by Gasteiger charge is 2.23. The van der Waals surface area contributed by atoms with Crippen LogP contribution in [0.3, 0.4) is 0 Å². The smallest absolute Gasteiger partial charge is 0.123 e. The molecule has 0 aliphatic heterocycles. The average molecular weight is 248 g/mol. The number of aryl methyl sites for hydroxylation is 2. The Hall–Kier alpha value is -1.68. The van der Waals surface area contributed by atoms with Crippen LogP contribution in [0.25, 0.3) is 0 Å². The number of benzene rings is 1. The molecule has 4 heteroatoms. The third-order valence-corrected chi connectivity index (χ3v) is 3.11. The monoisotopic (exact) mass is 248 g/mol. The Balaban J connectivity index is 2.07. The molecule has 0 aliphatic rings. The summed E-state index contributed by atoms with van der Waals surface area (Å²) >= 11 is 0. The number of hydrogen-bond acceptors (Lipinski definition) is 2. The summed E-state index contributed by atoms with van der Waals surface area (Å²) in [6.45, 7) is 1.71. The SMILES string of the molecule is Cn1cc(CCC(C)(O)c2cccc(F)c2)cn1. The lowest BCUT2D eigenvalue weighted by Gasteiger charge is -2.23. The second kappa shape index (κ2) is 4.90. The second-order valence-corrected chi connectivity index (χ2v) is 4.81. The van der Waals surface area contributed by atoms with Gasteiger partial charge in [-0.1, -0.05) is 12.1 Å². The molecular formula is C14H17FN2O. The van der Waals surface area contributed by atoms with Crippen molar-refractivity contribution in [2.45, 2.75) is 25.4 Å². The minimum Gasteiger partial charge on any atom is -0.385 e. The van der Waals surface area contributed by atoms with Gasteiger partial charge in [-0.05, 0) is 43.0 Å². The van der Waals surface area contributed by atoms with Gasteiger partial charge in [0, 0.05) is 13.2 Å². The Morgan fingerprint density at radius 2 is 2.22 bits per heavy atom. The summed E-state index contributed by atoms with van der Waals surface area (Å²) in [5, 5.41) is 14.5. The van der Waals surface area contributed by atoms with E-state index in [9.17, 15) is 9.50 Å². The maximum absolute atomic E-state index is 13.1. The third kappa shape index (κ3) is 2.96. The first-order chi connectivity index (χ1) is 8.47. The van der Waals surface area contributed by atoms with Gasteiger partial charge in [-0.25, -0.2) is 4.39 Å². The van der Waals surface area contributed by atoms with Crippen LogP contribution in [-0.4, -0.2) is 14.9 Å². The van der Waals surface area contributed by atoms with E-state index in [4.69, 9.17) is 0 Å². The van der Waals surface area contributed by atoms with Gasteiger partial charge in [0.05, 0.1) is 11.8 Å². The van der Waals surface area contributed by atoms with Gasteiger partial charge in [0.15, 0.2) is 0 Å². The maximum atomic E-state index is 13.1. The zero-order valence-corrected chi connectivity index (χ0v) is 10.6. The van der Waals surface area contributed by atoms with Gasteiger partial charge in [-0.15, -0.1) is 0 Å². The predicted octanol–water partition coefficient (Wildman–Crippen LogP) is 2.40. The molecule has 2 aromatic rings. The number of halogens is 1. The summed E-state index contributed by atoms with van der Waals surface area (Å²) in [4.78, 5) is 0. The summed E-state index contributed by atoms with van der Waals surface area (Å²) in [5.41, 5.74) is 0.637. The first-order valence-electron chi connectivity index (χ1n) is 5.93. The number of aromatic nitrogens is 2. The summed E-state index contributed by atoms with van der Waals surface area (Å²) < 4.78 is 14.9. The van der Waals surface area contributed by atoms with Crippen LogP contribution in [0.1, 0.15) is 24.5 Å². The molecule has 0 saturated heterocycles. The molecule has 1 aromatic heterocycles. The van der Waals surface area contributed by atoms with Gasteiger partial charge < -0.3 is 5.11 Å². The number of hydrogen-bond donors (Lipinski definition) is 1. The average Bonchev–Trinajstić information content (AvgIpc) is 2.73. The topological polar surface area (TPSA) is 38.0 Å². The summed E-state index contributed by atoms with van der Waals surface area (Å²) in [6, 6.07) is 6.11. The second-order valence-electron chi connectivity index (χ2n) is 4.81. The van der Waals surface area contributed by atoms with Crippen molar-refractivity contribution >= 4 is 0 Å². The number of rotatable bonds is 4. The molecule has 0 fully saturated rings. The molecule has 1 N–H and O–H groups in total. The van der Waals surface area contributed by atoms with E-state index in [0.717, 1.165) is 5.56 Å². The fourth-order valence-corrected chi connectivity index (χ4v) is 1.96. The molecule has 1 unspecified atom stereocenters. The Kier molecular flexibility index (Phi) is 3.48. The van der Waals surface area contributed by atoms with E-state index < -0.39 is 5.60 Å². The van der Waals surface area contributed by atoms with Crippen LogP contribution >= 0.6 is 0 Å². The quantitative estimate of drug-likeness (QED) is 0.902. The van der Waals surface area contributed by atoms with Crippen molar-refractivity contribution in [3.05, 3.63) is 53.6 Å². The van der Waals surface area contributed by atoms with E-state index in [1.165, 1.54) is 12.1 Å². The van der Waals surface area contributed by atoms with Gasteiger partial charge >= 0.3 is 0 Å². The van der Waals surface area contributed by atoms with Crippen LogP contribution in [0.5, 0.6) is 0 Å². The molecule has 2 rings (SSSR count). The Bertz CT molecular complexity index is 534. The molecule has 3 nitrogen and oxygen atoms in total. The highest BCUT2D eigenvalue weighted by atomic mass is 19.1. The Morgan fingerprint density at radius 1 is 1.44 bits per heavy atom. The van der Waals surface area contributed by atoms with Crippen molar-refractivity contribution < 1.29 is 9.50 Å². The largest absolute Gasteiger partial charge is 0.385 e. The third-order valence-electron chi connectivity index (χ3n) is 3.11. The molecule has 0 saturated carbocycles. The molecule has 0 amide bonds. The van der Waals surface area contributed by atoms with Crippen LogP contribution in [0.15, 0.2) is 36.7 Å². The molecule has 1 atom stereocenters. The van der Waals surface area contributed by atoms with Crippen molar-refractivity contribution in [2.75, 3.05) is 0 Å². The van der Waals surface area contributed by atoms with Gasteiger partial charge in [0.2, 0.25) is 0 Å². The molecule has 0 bridgehead atoms. The minimum absolute atomic E-state index is 0.325. The van der Waals surface area contributed by atoms with Crippen molar-refractivity contribution in [2.24, 2.45) is 7.05 Å². The van der Waals surface area contributed by atoms with Gasteiger partial charge in [-0.2, -0.15) is 5.10 Å². The first-order valence-corrected chi connectivity index (χ1v) is 5.93. The standard InChI is InChI=1S/C14H17FN2O/c1-14(18,12-4-3-5-13(15)8-12)7-6-11-9-16-17(2)10-11/h3-5,8-10,18H,6-7H2,1-2H3. The molecule has 0 aliphatic carbocycles. The summed E-state index contributed by atoms with van der Waals surface area (Å²) in [6.07, 6.45) is 4.93. The van der Waals surface area contributed by atoms with Gasteiger partial charge in [0.1, 0.15) is 5.82 Å². The van der Waals surface area contributed by atoms with Gasteiger partial charge in [-0.3, -0.25) is 4.68 Å². The van der Waals surface area contributed by atoms with Crippen LogP contribution in [0, 0.1) is 5.82 Å². The fraction of sp³-hybridized carbons (Fsp3) is 0.357. The van der Waals surface area contributed by atoms with Crippen LogP contribution in [-0.2, 0) is 19.1 Å². The summed E-state index contributed by atoms with van der Waals surface area (Å²) in [7, 11) is 1.86. The van der Waals surface area contributed by atoms with Crippen LogP contribution < -0.4 is 0 Å². The van der Waals surface area contributed by atoms with E-state index in [-0.39, 0.29) is 5.82 Å². The highest BCUT2D eigenvalue weighted by molar-refractivity contribution is 5.23. The van der Waals surface area contributed by atoms with Crippen molar-refractivity contribution in [1.29, 1.82) is 0 Å². The number of aliphatic hydroxyl groups is 1. The van der Waals surface area contributed by atoms with Crippen molar-refractivity contribution in [3.8, 4) is 0 Å². The Labute approximate surface area is 106 Å². The maximum Gasteiger partial charge on any atom is 0.123 e. The van der Waals surface area contributed by atoms with E-state index in [1.54, 1.807) is 29.9 Å². The number of nitrogens with zero attached hydrogens (tertiary/aromatic N) is 2. The normalized spacial score (nSPS) is 14.4. The van der Waals surface area contributed by atoms with Crippen LogP contribution in [0.4, 0.5) is 4.39 Å². The highest BCUT2D eigenvalue weighted by Crippen LogP contribution is 2.26. The summed E-state index contributed by atoms with van der Waals surface area (Å²) in [5.74, 6) is -0.325. The molecule has 1 aromatic carbocycles. The first kappa shape index (κ1) is 12.8. The zero-order chi connectivity index (χ0) is 13.2. The molecule has 0 radical (unpaired) electrons. The molecular weight excluding hydrogens is 231 g/mol. The lowest BCUT2D eigenvalue weighted by Crippen LogP contribution is -2.22. The molecule has 96 valence electrons. The zero-order valence-electron chi connectivity index (χ0n) is 10.6. The van der Waals surface area contributed by atoms with E-state index in [2.05, 4.69) is 5.10 Å². The van der Waals surface area contributed by atoms with Crippen molar-refractivity contribution in [1.82, 2.24) is 9.78 Å². The lowest BCUT2D eigenvalue weighted by atomic mass is 9.90. The molecule has 0 spiro atoms. The predicted molar refractivity (Wildman–Crippen MR) is 67.5 cm³/mol. The van der Waals surface area contributed by atoms with Crippen molar-refractivity contribution in [3.63, 3.8) is 0 Å². The van der Waals surface area contributed by atoms with E-state index >= 15 is 0 Å². The van der Waals surface area contributed by atoms with E-state index in [0.29, 0.717) is 18.4 Å². The Morgan fingerprint density at radius 3 is 2.83 bits per heavy atom. The molecule has 1 heterocycles. The van der Waals surface area contributed by atoms with E-state index in [1.807, 2.05) is 13.2 Å². The lowest BCUT2D eigenvalue weighted by molar-refractivity contribution is 0.0477. The van der Waals surface area contributed by atoms with Crippen LogP contribution in [0.2, 0.25) is 0 Å². The minimum atomic E-state index is -1.03. The fourth-order valence-electron chi connectivity index (χ4n) is 1.96.